The lowest BCUT2D eigenvalue weighted by molar-refractivity contribution is -0.121. The van der Waals surface area contributed by atoms with Gasteiger partial charge in [-0.15, -0.1) is 0 Å². The molecule has 0 aliphatic carbocycles. The molecule has 4 N–H and O–H groups in total. The average Bonchev–Trinajstić information content (AvgIpc) is 3.27. The van der Waals surface area contributed by atoms with E-state index in [2.05, 4.69) is 27.9 Å². The van der Waals surface area contributed by atoms with E-state index in [1.54, 1.807) is 35.7 Å². The number of nitrogens with two attached hydrogens (primary N) is 1. The molecule has 0 saturated carbocycles. The molecule has 0 radical (unpaired) electrons. The SMILES string of the molecule is CCCCCCOc1ccc(C(=O)NNC(=O)CCc2c(C)nc3c(C(N)=O)cnn3c2C)cc1. The molecule has 3 rings (SSSR count). The number of benzene rings is 1. The fourth-order valence-electron chi connectivity index (χ4n) is 3.77. The van der Waals surface area contributed by atoms with Crippen LogP contribution in [0.2, 0.25) is 0 Å². The van der Waals surface area contributed by atoms with Gasteiger partial charge in [0.15, 0.2) is 5.65 Å². The lowest BCUT2D eigenvalue weighted by Crippen LogP contribution is -2.41. The van der Waals surface area contributed by atoms with Crippen molar-refractivity contribution in [2.75, 3.05) is 6.61 Å². The van der Waals surface area contributed by atoms with Crippen LogP contribution < -0.4 is 21.3 Å². The Bertz CT molecular complexity index is 1200. The number of nitrogens with zero attached hydrogens (tertiary/aromatic N) is 3. The zero-order valence-electron chi connectivity index (χ0n) is 20.4. The van der Waals surface area contributed by atoms with Gasteiger partial charge in [0.2, 0.25) is 5.91 Å². The molecule has 0 atom stereocenters. The lowest BCUT2D eigenvalue weighted by Gasteiger charge is -2.12. The summed E-state index contributed by atoms with van der Waals surface area (Å²) in [7, 11) is 0. The Hall–Kier alpha value is -3.95. The summed E-state index contributed by atoms with van der Waals surface area (Å²) in [6.45, 7) is 6.46. The number of hydrogen-bond acceptors (Lipinski definition) is 6. The predicted molar refractivity (Wildman–Crippen MR) is 131 cm³/mol. The van der Waals surface area contributed by atoms with Crippen LogP contribution in [0.3, 0.4) is 0 Å². The first-order valence-corrected chi connectivity index (χ1v) is 11.8. The Morgan fingerprint density at radius 1 is 1.06 bits per heavy atom. The largest absolute Gasteiger partial charge is 0.494 e. The molecule has 0 unspecified atom stereocenters. The van der Waals surface area contributed by atoms with Gasteiger partial charge in [-0.1, -0.05) is 26.2 Å². The number of carbonyl (C=O) groups excluding carboxylic acids is 3. The number of primary amides is 1. The number of hydrazine groups is 1. The van der Waals surface area contributed by atoms with Crippen molar-refractivity contribution in [2.24, 2.45) is 5.73 Å². The molecule has 0 saturated heterocycles. The fraction of sp³-hybridized carbons (Fsp3) is 0.400. The Balaban J connectivity index is 1.49. The Morgan fingerprint density at radius 3 is 2.49 bits per heavy atom. The van der Waals surface area contributed by atoms with Crippen molar-refractivity contribution in [1.29, 1.82) is 0 Å². The Kier molecular flexibility index (Phi) is 8.77. The maximum absolute atomic E-state index is 12.4. The van der Waals surface area contributed by atoms with E-state index < -0.39 is 11.8 Å². The van der Waals surface area contributed by atoms with Crippen LogP contribution >= 0.6 is 0 Å². The van der Waals surface area contributed by atoms with Crippen LogP contribution in [0.25, 0.3) is 5.65 Å². The molecule has 2 aromatic heterocycles. The molecule has 10 heteroatoms. The molecular formula is C25H32N6O4. The van der Waals surface area contributed by atoms with Gasteiger partial charge in [0.1, 0.15) is 11.3 Å². The maximum Gasteiger partial charge on any atom is 0.269 e. The van der Waals surface area contributed by atoms with E-state index in [0.29, 0.717) is 35.7 Å². The zero-order chi connectivity index (χ0) is 25.4. The first-order chi connectivity index (χ1) is 16.8. The molecule has 2 heterocycles. The monoisotopic (exact) mass is 480 g/mol. The molecule has 0 bridgehead atoms. The first kappa shape index (κ1) is 25.7. The van der Waals surface area contributed by atoms with Gasteiger partial charge in [0.05, 0.1) is 12.8 Å². The van der Waals surface area contributed by atoms with Gasteiger partial charge in [0, 0.05) is 23.4 Å². The van der Waals surface area contributed by atoms with E-state index in [9.17, 15) is 14.4 Å². The highest BCUT2D eigenvalue weighted by atomic mass is 16.5. The quantitative estimate of drug-likeness (QED) is 0.285. The molecule has 0 aliphatic rings. The number of aryl methyl sites for hydroxylation is 2. The number of nitrogens with one attached hydrogen (secondary N) is 2. The van der Waals surface area contributed by atoms with Crippen molar-refractivity contribution in [2.45, 2.75) is 59.3 Å². The van der Waals surface area contributed by atoms with Crippen LogP contribution in [-0.4, -0.2) is 38.9 Å². The molecule has 10 nitrogen and oxygen atoms in total. The molecular weight excluding hydrogens is 448 g/mol. The average molecular weight is 481 g/mol. The second-order valence-corrected chi connectivity index (χ2v) is 8.35. The number of rotatable bonds is 11. The summed E-state index contributed by atoms with van der Waals surface area (Å²) in [6, 6.07) is 6.79. The number of carbonyl (C=O) groups is 3. The van der Waals surface area contributed by atoms with E-state index in [0.717, 1.165) is 24.1 Å². The van der Waals surface area contributed by atoms with Gasteiger partial charge in [-0.25, -0.2) is 9.50 Å². The molecule has 3 aromatic rings. The Labute approximate surface area is 204 Å². The topological polar surface area (TPSA) is 141 Å². The summed E-state index contributed by atoms with van der Waals surface area (Å²) in [5, 5.41) is 4.18. The fourth-order valence-corrected chi connectivity index (χ4v) is 3.77. The summed E-state index contributed by atoms with van der Waals surface area (Å²) in [5.74, 6) is -0.654. The van der Waals surface area contributed by atoms with Gasteiger partial charge in [-0.3, -0.25) is 25.2 Å². The van der Waals surface area contributed by atoms with E-state index in [4.69, 9.17) is 10.5 Å². The summed E-state index contributed by atoms with van der Waals surface area (Å²) >= 11 is 0. The van der Waals surface area contributed by atoms with Crippen LogP contribution in [0, 0.1) is 13.8 Å². The maximum atomic E-state index is 12.4. The molecule has 35 heavy (non-hydrogen) atoms. The predicted octanol–water partition coefficient (Wildman–Crippen LogP) is 2.80. The van der Waals surface area contributed by atoms with Crippen LogP contribution in [0.5, 0.6) is 5.75 Å². The van der Waals surface area contributed by atoms with E-state index in [1.165, 1.54) is 19.0 Å². The van der Waals surface area contributed by atoms with E-state index >= 15 is 0 Å². The van der Waals surface area contributed by atoms with E-state index in [1.807, 2.05) is 6.92 Å². The number of unbranched alkanes of at least 4 members (excludes halogenated alkanes) is 3. The van der Waals surface area contributed by atoms with E-state index in [-0.39, 0.29) is 17.9 Å². The molecule has 1 aromatic carbocycles. The van der Waals surface area contributed by atoms with Crippen molar-refractivity contribution in [1.82, 2.24) is 25.4 Å². The number of fused-ring (bicyclic) bond motifs is 1. The lowest BCUT2D eigenvalue weighted by atomic mass is 10.1. The third-order valence-corrected chi connectivity index (χ3v) is 5.77. The summed E-state index contributed by atoms with van der Waals surface area (Å²) in [6.07, 6.45) is 6.41. The number of amides is 3. The summed E-state index contributed by atoms with van der Waals surface area (Å²) < 4.78 is 7.23. The van der Waals surface area contributed by atoms with Gasteiger partial charge < -0.3 is 10.5 Å². The highest BCUT2D eigenvalue weighted by Crippen LogP contribution is 2.18. The van der Waals surface area contributed by atoms with Gasteiger partial charge in [0.25, 0.3) is 11.8 Å². The normalized spacial score (nSPS) is 10.8. The van der Waals surface area contributed by atoms with Crippen LogP contribution in [0.1, 0.15) is 76.7 Å². The van der Waals surface area contributed by atoms with Crippen LogP contribution in [0.15, 0.2) is 30.5 Å². The van der Waals surface area contributed by atoms with Crippen LogP contribution in [0.4, 0.5) is 0 Å². The first-order valence-electron chi connectivity index (χ1n) is 11.8. The van der Waals surface area contributed by atoms with Crippen molar-refractivity contribution in [3.8, 4) is 5.75 Å². The number of aromatic nitrogens is 3. The summed E-state index contributed by atoms with van der Waals surface area (Å²) in [4.78, 5) is 40.7. The molecule has 0 fully saturated rings. The van der Waals surface area contributed by atoms with Crippen molar-refractivity contribution >= 4 is 23.4 Å². The zero-order valence-corrected chi connectivity index (χ0v) is 20.4. The van der Waals surface area contributed by atoms with Crippen molar-refractivity contribution in [3.05, 3.63) is 58.5 Å². The second-order valence-electron chi connectivity index (χ2n) is 8.35. The number of hydrogen-bond donors (Lipinski definition) is 3. The van der Waals surface area contributed by atoms with Crippen molar-refractivity contribution in [3.63, 3.8) is 0 Å². The van der Waals surface area contributed by atoms with Crippen molar-refractivity contribution < 1.29 is 19.1 Å². The third-order valence-electron chi connectivity index (χ3n) is 5.77. The minimum Gasteiger partial charge on any atom is -0.494 e. The molecule has 3 amide bonds. The van der Waals surface area contributed by atoms with Crippen LogP contribution in [-0.2, 0) is 11.2 Å². The highest BCUT2D eigenvalue weighted by molar-refractivity contribution is 5.98. The molecule has 0 aliphatic heterocycles. The second kappa shape index (κ2) is 12.0. The molecule has 0 spiro atoms. The third kappa shape index (κ3) is 6.56. The minimum absolute atomic E-state index is 0.129. The number of ether oxygens (including phenoxy) is 1. The van der Waals surface area contributed by atoms with Gasteiger partial charge in [-0.05, 0) is 56.5 Å². The highest BCUT2D eigenvalue weighted by Gasteiger charge is 2.17. The minimum atomic E-state index is -0.598. The van der Waals surface area contributed by atoms with Gasteiger partial charge in [-0.2, -0.15) is 5.10 Å². The van der Waals surface area contributed by atoms with Gasteiger partial charge >= 0.3 is 0 Å². The summed E-state index contributed by atoms with van der Waals surface area (Å²) in [5.41, 5.74) is 13.6. The standard InChI is InChI=1S/C25H32N6O4/c1-4-5-6-7-14-35-19-10-8-18(9-11-19)25(34)30-29-22(32)13-12-20-16(2)28-24-21(23(26)33)15-27-31(24)17(20)3/h8-11,15H,4-7,12-14H2,1-3H3,(H2,26,33)(H,29,32)(H,30,34). The Morgan fingerprint density at radius 2 is 1.80 bits per heavy atom. The smallest absolute Gasteiger partial charge is 0.269 e. The molecule has 186 valence electrons.